The lowest BCUT2D eigenvalue weighted by Crippen LogP contribution is -2.57. The molecule has 1 N–H and O–H groups in total. The average molecular weight is 295 g/mol. The van der Waals surface area contributed by atoms with E-state index >= 15 is 0 Å². The number of methoxy groups -OCH3 is 1. The minimum atomic E-state index is -4.34. The zero-order valence-electron chi connectivity index (χ0n) is 11.5. The Morgan fingerprint density at radius 2 is 2.05 bits per heavy atom. The number of nitrogens with one attached hydrogen (secondary N) is 1. The summed E-state index contributed by atoms with van der Waals surface area (Å²) in [6.45, 7) is -1.27. The van der Waals surface area contributed by atoms with Crippen LogP contribution in [-0.2, 0) is 14.3 Å². The van der Waals surface area contributed by atoms with Crippen molar-refractivity contribution < 1.29 is 27.4 Å². The number of hydrogen-bond acceptors (Lipinski definition) is 4. The molecule has 7 heteroatoms. The van der Waals surface area contributed by atoms with Gasteiger partial charge in [0.05, 0.1) is 13.2 Å². The summed E-state index contributed by atoms with van der Waals surface area (Å²) in [7, 11) is 1.30. The van der Waals surface area contributed by atoms with Crippen molar-refractivity contribution >= 4 is 5.97 Å². The average Bonchev–Trinajstić information content (AvgIpc) is 3.19. The lowest BCUT2D eigenvalue weighted by molar-refractivity contribution is -0.191. The summed E-state index contributed by atoms with van der Waals surface area (Å²) in [6, 6.07) is 0.274. The summed E-state index contributed by atoms with van der Waals surface area (Å²) in [6.07, 6.45) is -0.891. The first-order valence-electron chi connectivity index (χ1n) is 6.89. The number of ether oxygens (including phenoxy) is 2. The first kappa shape index (κ1) is 15.6. The van der Waals surface area contributed by atoms with E-state index < -0.39 is 30.4 Å². The smallest absolute Gasteiger partial charge is 0.411 e. The van der Waals surface area contributed by atoms with Gasteiger partial charge in [-0.3, -0.25) is 10.1 Å². The zero-order chi connectivity index (χ0) is 14.8. The minimum Gasteiger partial charge on any atom is -0.468 e. The van der Waals surface area contributed by atoms with Gasteiger partial charge in [-0.15, -0.1) is 0 Å². The van der Waals surface area contributed by atoms with Crippen molar-refractivity contribution in [1.29, 1.82) is 0 Å². The van der Waals surface area contributed by atoms with Crippen LogP contribution >= 0.6 is 0 Å². The Labute approximate surface area is 116 Å². The van der Waals surface area contributed by atoms with Gasteiger partial charge in [0.15, 0.2) is 0 Å². The molecule has 0 saturated heterocycles. The van der Waals surface area contributed by atoms with E-state index in [1.165, 1.54) is 7.11 Å². The van der Waals surface area contributed by atoms with Crippen molar-refractivity contribution in [2.24, 2.45) is 0 Å². The molecule has 2 aliphatic rings. The topological polar surface area (TPSA) is 47.6 Å². The van der Waals surface area contributed by atoms with Crippen LogP contribution < -0.4 is 5.32 Å². The minimum absolute atomic E-state index is 0.242. The SMILES string of the molecule is COC(=O)C1(NC2CC2)CCCC(OCC(F)(F)F)C1. The number of hydrogen-bond donors (Lipinski definition) is 1. The Hall–Kier alpha value is -0.820. The van der Waals surface area contributed by atoms with Crippen LogP contribution in [0, 0.1) is 0 Å². The standard InChI is InChI=1S/C13H20F3NO3/c1-19-11(18)12(17-9-4-5-9)6-2-3-10(7-12)20-8-13(14,15)16/h9-10,17H,2-8H2,1H3. The second-order valence-electron chi connectivity index (χ2n) is 5.64. The Bertz CT molecular complexity index is 357. The zero-order valence-corrected chi connectivity index (χ0v) is 11.5. The maximum atomic E-state index is 12.2. The fraction of sp³-hybridized carbons (Fsp3) is 0.923. The summed E-state index contributed by atoms with van der Waals surface area (Å²) in [4.78, 5) is 12.0. The largest absolute Gasteiger partial charge is 0.468 e. The highest BCUT2D eigenvalue weighted by atomic mass is 19.4. The van der Waals surface area contributed by atoms with Gasteiger partial charge >= 0.3 is 12.1 Å². The summed E-state index contributed by atoms with van der Waals surface area (Å²) >= 11 is 0. The third kappa shape index (κ3) is 4.09. The molecular weight excluding hydrogens is 275 g/mol. The molecule has 2 aliphatic carbocycles. The number of esters is 1. The monoisotopic (exact) mass is 295 g/mol. The number of carbonyl (C=O) groups is 1. The molecule has 20 heavy (non-hydrogen) atoms. The predicted molar refractivity (Wildman–Crippen MR) is 65.2 cm³/mol. The van der Waals surface area contributed by atoms with Crippen LogP contribution in [0.2, 0.25) is 0 Å². The first-order chi connectivity index (χ1) is 9.35. The van der Waals surface area contributed by atoms with E-state index in [1.807, 2.05) is 0 Å². The second kappa shape index (κ2) is 5.89. The van der Waals surface area contributed by atoms with Gasteiger partial charge in [-0.05, 0) is 32.1 Å². The molecule has 116 valence electrons. The molecule has 0 aromatic heterocycles. The molecule has 4 nitrogen and oxygen atoms in total. The molecule has 2 rings (SSSR count). The van der Waals surface area contributed by atoms with Crippen LogP contribution in [-0.4, -0.2) is 43.5 Å². The molecule has 2 atom stereocenters. The fourth-order valence-electron chi connectivity index (χ4n) is 2.77. The quantitative estimate of drug-likeness (QED) is 0.790. The predicted octanol–water partition coefficient (Wildman–Crippen LogP) is 2.17. The molecule has 0 aromatic carbocycles. The highest BCUT2D eigenvalue weighted by Crippen LogP contribution is 2.35. The van der Waals surface area contributed by atoms with Gasteiger partial charge < -0.3 is 9.47 Å². The summed E-state index contributed by atoms with van der Waals surface area (Å²) < 4.78 is 46.4. The molecule has 0 spiro atoms. The normalized spacial score (nSPS) is 31.1. The van der Waals surface area contributed by atoms with Crippen LogP contribution in [0.3, 0.4) is 0 Å². The molecule has 0 amide bonds. The number of halogens is 3. The molecule has 0 aliphatic heterocycles. The van der Waals surface area contributed by atoms with Crippen LogP contribution in [0.5, 0.6) is 0 Å². The summed E-state index contributed by atoms with van der Waals surface area (Å²) in [5.41, 5.74) is -0.884. The molecular formula is C13H20F3NO3. The van der Waals surface area contributed by atoms with Crippen molar-refractivity contribution in [3.63, 3.8) is 0 Å². The molecule has 2 fully saturated rings. The van der Waals surface area contributed by atoms with E-state index in [0.717, 1.165) is 12.8 Å². The molecule has 2 unspecified atom stereocenters. The Morgan fingerprint density at radius 3 is 2.60 bits per heavy atom. The summed E-state index contributed by atoms with van der Waals surface area (Å²) in [5.74, 6) is -0.398. The third-order valence-corrected chi connectivity index (χ3v) is 3.82. The van der Waals surface area contributed by atoms with Crippen molar-refractivity contribution in [2.45, 2.75) is 62.4 Å². The van der Waals surface area contributed by atoms with Crippen molar-refractivity contribution in [3.05, 3.63) is 0 Å². The van der Waals surface area contributed by atoms with E-state index in [4.69, 9.17) is 9.47 Å². The van der Waals surface area contributed by atoms with Crippen molar-refractivity contribution in [2.75, 3.05) is 13.7 Å². The fourth-order valence-corrected chi connectivity index (χ4v) is 2.77. The van der Waals surface area contributed by atoms with Crippen LogP contribution in [0.1, 0.15) is 38.5 Å². The van der Waals surface area contributed by atoms with E-state index in [0.29, 0.717) is 19.3 Å². The Morgan fingerprint density at radius 1 is 1.35 bits per heavy atom. The molecule has 2 saturated carbocycles. The van der Waals surface area contributed by atoms with Crippen molar-refractivity contribution in [3.8, 4) is 0 Å². The lowest BCUT2D eigenvalue weighted by atomic mass is 9.79. The van der Waals surface area contributed by atoms with Crippen LogP contribution in [0.25, 0.3) is 0 Å². The van der Waals surface area contributed by atoms with Gasteiger partial charge in [0, 0.05) is 12.5 Å². The van der Waals surface area contributed by atoms with Gasteiger partial charge in [-0.2, -0.15) is 13.2 Å². The van der Waals surface area contributed by atoms with E-state index in [2.05, 4.69) is 5.32 Å². The maximum absolute atomic E-state index is 12.2. The molecule has 0 heterocycles. The van der Waals surface area contributed by atoms with Gasteiger partial charge in [0.2, 0.25) is 0 Å². The number of rotatable bonds is 5. The second-order valence-corrected chi connectivity index (χ2v) is 5.64. The highest BCUT2D eigenvalue weighted by Gasteiger charge is 2.47. The van der Waals surface area contributed by atoms with E-state index in [-0.39, 0.29) is 12.5 Å². The molecule has 0 bridgehead atoms. The van der Waals surface area contributed by atoms with Gasteiger partial charge in [0.1, 0.15) is 12.1 Å². The van der Waals surface area contributed by atoms with Crippen LogP contribution in [0.15, 0.2) is 0 Å². The maximum Gasteiger partial charge on any atom is 0.411 e. The van der Waals surface area contributed by atoms with Gasteiger partial charge in [-0.1, -0.05) is 0 Å². The number of carbonyl (C=O) groups excluding carboxylic acids is 1. The summed E-state index contributed by atoms with van der Waals surface area (Å²) in [5, 5.41) is 3.25. The van der Waals surface area contributed by atoms with Crippen molar-refractivity contribution in [1.82, 2.24) is 5.32 Å². The first-order valence-corrected chi connectivity index (χ1v) is 6.89. The van der Waals surface area contributed by atoms with Crippen LogP contribution in [0.4, 0.5) is 13.2 Å². The van der Waals surface area contributed by atoms with E-state index in [1.54, 1.807) is 0 Å². The van der Waals surface area contributed by atoms with Gasteiger partial charge in [0.25, 0.3) is 0 Å². The molecule has 0 aromatic rings. The number of alkyl halides is 3. The highest BCUT2D eigenvalue weighted by molar-refractivity contribution is 5.81. The molecule has 0 radical (unpaired) electrons. The Kier molecular flexibility index (Phi) is 4.59. The third-order valence-electron chi connectivity index (χ3n) is 3.82. The van der Waals surface area contributed by atoms with Gasteiger partial charge in [-0.25, -0.2) is 0 Å². The Balaban J connectivity index is 1.98. The van der Waals surface area contributed by atoms with E-state index in [9.17, 15) is 18.0 Å². The lowest BCUT2D eigenvalue weighted by Gasteiger charge is -2.39.